The van der Waals surface area contributed by atoms with E-state index >= 15 is 0 Å². The van der Waals surface area contributed by atoms with Crippen LogP contribution in [0.4, 0.5) is 13.2 Å². The lowest BCUT2D eigenvalue weighted by Gasteiger charge is -2.19. The molecule has 100 valence electrons. The zero-order chi connectivity index (χ0) is 14.0. The molecule has 0 spiro atoms. The van der Waals surface area contributed by atoms with E-state index in [4.69, 9.17) is 5.84 Å². The zero-order valence-electron chi connectivity index (χ0n) is 10.3. The monoisotopic (exact) mass is 266 g/mol. The van der Waals surface area contributed by atoms with Crippen molar-refractivity contribution in [3.8, 4) is 0 Å². The molecule has 0 heterocycles. The second-order valence-corrected chi connectivity index (χ2v) is 4.25. The second kappa shape index (κ2) is 5.42. The van der Waals surface area contributed by atoms with Gasteiger partial charge < -0.3 is 0 Å². The zero-order valence-corrected chi connectivity index (χ0v) is 10.3. The number of hydrazine groups is 1. The van der Waals surface area contributed by atoms with E-state index in [0.29, 0.717) is 0 Å². The molecule has 19 heavy (non-hydrogen) atoms. The van der Waals surface area contributed by atoms with Crippen molar-refractivity contribution in [3.63, 3.8) is 0 Å². The highest BCUT2D eigenvalue weighted by molar-refractivity contribution is 5.37. The van der Waals surface area contributed by atoms with Gasteiger partial charge in [0.1, 0.15) is 0 Å². The quantitative estimate of drug-likeness (QED) is 0.509. The maximum absolute atomic E-state index is 13.3. The second-order valence-electron chi connectivity index (χ2n) is 4.25. The van der Waals surface area contributed by atoms with Gasteiger partial charge in [-0.2, -0.15) is 0 Å². The van der Waals surface area contributed by atoms with Crippen LogP contribution in [0.1, 0.15) is 22.7 Å². The summed E-state index contributed by atoms with van der Waals surface area (Å²) in [5.74, 6) is 1.51. The van der Waals surface area contributed by atoms with Gasteiger partial charge in [-0.1, -0.05) is 24.3 Å². The van der Waals surface area contributed by atoms with E-state index in [1.165, 1.54) is 0 Å². The first-order valence-electron chi connectivity index (χ1n) is 5.70. The highest BCUT2D eigenvalue weighted by atomic mass is 19.2. The van der Waals surface area contributed by atoms with E-state index in [0.717, 1.165) is 23.3 Å². The molecule has 1 unspecified atom stereocenters. The van der Waals surface area contributed by atoms with E-state index in [9.17, 15) is 13.2 Å². The maximum atomic E-state index is 13.3. The third-order valence-electron chi connectivity index (χ3n) is 3.01. The Balaban J connectivity index is 2.52. The fraction of sp³-hybridized carbons (Fsp3) is 0.143. The molecule has 5 heteroatoms. The van der Waals surface area contributed by atoms with Crippen LogP contribution in [-0.2, 0) is 0 Å². The van der Waals surface area contributed by atoms with E-state index in [2.05, 4.69) is 5.43 Å². The number of nitrogens with one attached hydrogen (secondary N) is 1. The fourth-order valence-electron chi connectivity index (χ4n) is 2.02. The standard InChI is InChI=1S/C14H13F3N2/c1-8-4-2-3-5-10(8)14(19-18)9-6-11(15)13(17)12(16)7-9/h2-7,14,19H,18H2,1H3. The molecule has 2 nitrogen and oxygen atoms in total. The Morgan fingerprint density at radius 2 is 1.63 bits per heavy atom. The summed E-state index contributed by atoms with van der Waals surface area (Å²) in [6.45, 7) is 1.86. The normalized spacial score (nSPS) is 12.5. The molecule has 0 aliphatic carbocycles. The first kappa shape index (κ1) is 13.6. The molecule has 0 saturated carbocycles. The van der Waals surface area contributed by atoms with E-state index in [1.54, 1.807) is 12.1 Å². The topological polar surface area (TPSA) is 38.0 Å². The van der Waals surface area contributed by atoms with Gasteiger partial charge in [0.15, 0.2) is 17.5 Å². The minimum atomic E-state index is -1.48. The third kappa shape index (κ3) is 2.62. The van der Waals surface area contributed by atoms with Gasteiger partial charge in [0.25, 0.3) is 0 Å². The van der Waals surface area contributed by atoms with Crippen molar-refractivity contribution < 1.29 is 13.2 Å². The molecule has 0 amide bonds. The molecule has 0 saturated heterocycles. The summed E-state index contributed by atoms with van der Waals surface area (Å²) in [7, 11) is 0. The number of halogens is 3. The largest absolute Gasteiger partial charge is 0.271 e. The van der Waals surface area contributed by atoms with Gasteiger partial charge in [-0.15, -0.1) is 0 Å². The first-order chi connectivity index (χ1) is 9.04. The van der Waals surface area contributed by atoms with Crippen LogP contribution in [0.3, 0.4) is 0 Å². The van der Waals surface area contributed by atoms with E-state index in [1.807, 2.05) is 19.1 Å². The molecule has 0 fully saturated rings. The van der Waals surface area contributed by atoms with Gasteiger partial charge in [-0.3, -0.25) is 5.84 Å². The summed E-state index contributed by atoms with van der Waals surface area (Å²) in [5, 5.41) is 0. The van der Waals surface area contributed by atoms with Crippen molar-refractivity contribution in [1.29, 1.82) is 0 Å². The number of rotatable bonds is 3. The first-order valence-corrected chi connectivity index (χ1v) is 5.70. The van der Waals surface area contributed by atoms with Crippen LogP contribution < -0.4 is 11.3 Å². The molecule has 1 atom stereocenters. The Kier molecular flexibility index (Phi) is 3.87. The van der Waals surface area contributed by atoms with Crippen LogP contribution in [-0.4, -0.2) is 0 Å². The summed E-state index contributed by atoms with van der Waals surface area (Å²) >= 11 is 0. The minimum absolute atomic E-state index is 0.230. The van der Waals surface area contributed by atoms with Gasteiger partial charge in [-0.05, 0) is 35.7 Å². The average molecular weight is 266 g/mol. The summed E-state index contributed by atoms with van der Waals surface area (Å²) in [5.41, 5.74) is 4.41. The molecule has 2 aromatic carbocycles. The van der Waals surface area contributed by atoms with Gasteiger partial charge in [0, 0.05) is 0 Å². The average Bonchev–Trinajstić information content (AvgIpc) is 2.39. The van der Waals surface area contributed by atoms with Crippen molar-refractivity contribution in [1.82, 2.24) is 5.43 Å². The lowest BCUT2D eigenvalue weighted by Crippen LogP contribution is -2.29. The van der Waals surface area contributed by atoms with Crippen LogP contribution in [0.25, 0.3) is 0 Å². The number of benzene rings is 2. The van der Waals surface area contributed by atoms with E-state index < -0.39 is 23.5 Å². The van der Waals surface area contributed by atoms with Gasteiger partial charge in [0.2, 0.25) is 0 Å². The van der Waals surface area contributed by atoms with Crippen molar-refractivity contribution in [2.75, 3.05) is 0 Å². The van der Waals surface area contributed by atoms with Gasteiger partial charge >= 0.3 is 0 Å². The Morgan fingerprint density at radius 3 is 2.16 bits per heavy atom. The Morgan fingerprint density at radius 1 is 1.05 bits per heavy atom. The Bertz CT molecular complexity index is 576. The summed E-state index contributed by atoms with van der Waals surface area (Å²) in [6.07, 6.45) is 0. The Hall–Kier alpha value is -1.85. The third-order valence-corrected chi connectivity index (χ3v) is 3.01. The molecule has 0 aromatic heterocycles. The number of hydrogen-bond acceptors (Lipinski definition) is 2. The summed E-state index contributed by atoms with van der Waals surface area (Å²) in [6, 6.07) is 8.56. The predicted molar refractivity (Wildman–Crippen MR) is 66.7 cm³/mol. The molecular formula is C14H13F3N2. The van der Waals surface area contributed by atoms with Crippen molar-refractivity contribution in [2.45, 2.75) is 13.0 Å². The lowest BCUT2D eigenvalue weighted by molar-refractivity contribution is 0.442. The van der Waals surface area contributed by atoms with Crippen LogP contribution in [0.15, 0.2) is 36.4 Å². The molecule has 0 aliphatic rings. The predicted octanol–water partition coefficient (Wildman–Crippen LogP) is 2.97. The minimum Gasteiger partial charge on any atom is -0.271 e. The SMILES string of the molecule is Cc1ccccc1C(NN)c1cc(F)c(F)c(F)c1. The molecule has 0 aliphatic heterocycles. The molecule has 0 radical (unpaired) electrons. The van der Waals surface area contributed by atoms with E-state index in [-0.39, 0.29) is 5.56 Å². The highest BCUT2D eigenvalue weighted by Gasteiger charge is 2.19. The maximum Gasteiger partial charge on any atom is 0.194 e. The van der Waals surface area contributed by atoms with Crippen molar-refractivity contribution in [2.24, 2.45) is 5.84 Å². The van der Waals surface area contributed by atoms with Crippen molar-refractivity contribution in [3.05, 3.63) is 70.5 Å². The molecule has 2 aromatic rings. The summed E-state index contributed by atoms with van der Waals surface area (Å²) < 4.78 is 39.5. The number of hydrogen-bond donors (Lipinski definition) is 2. The number of nitrogens with two attached hydrogens (primary N) is 1. The van der Waals surface area contributed by atoms with Crippen molar-refractivity contribution >= 4 is 0 Å². The summed E-state index contributed by atoms with van der Waals surface area (Å²) in [4.78, 5) is 0. The van der Waals surface area contributed by atoms with Crippen LogP contribution in [0.2, 0.25) is 0 Å². The fourth-order valence-corrected chi connectivity index (χ4v) is 2.02. The van der Waals surface area contributed by atoms with Crippen LogP contribution in [0.5, 0.6) is 0 Å². The lowest BCUT2D eigenvalue weighted by atomic mass is 9.95. The van der Waals surface area contributed by atoms with Crippen LogP contribution >= 0.6 is 0 Å². The molecule has 3 N–H and O–H groups in total. The van der Waals surface area contributed by atoms with Crippen LogP contribution in [0, 0.1) is 24.4 Å². The smallest absolute Gasteiger partial charge is 0.194 e. The molecular weight excluding hydrogens is 253 g/mol. The van der Waals surface area contributed by atoms with Gasteiger partial charge in [0.05, 0.1) is 6.04 Å². The molecule has 0 bridgehead atoms. The highest BCUT2D eigenvalue weighted by Crippen LogP contribution is 2.26. The molecule has 2 rings (SSSR count). The Labute approximate surface area is 109 Å². The van der Waals surface area contributed by atoms with Gasteiger partial charge in [-0.25, -0.2) is 18.6 Å². The number of aryl methyl sites for hydroxylation is 1.